The normalized spacial score (nSPS) is 17.6. The van der Waals surface area contributed by atoms with Gasteiger partial charge in [0.1, 0.15) is 11.1 Å². The molecule has 0 radical (unpaired) electrons. The first-order chi connectivity index (χ1) is 12.2. The molecule has 8 heteroatoms. The monoisotopic (exact) mass is 338 g/mol. The third kappa shape index (κ3) is 2.98. The Balaban J connectivity index is 1.41. The third-order valence-electron chi connectivity index (χ3n) is 4.73. The summed E-state index contributed by atoms with van der Waals surface area (Å²) in [5.41, 5.74) is 1.83. The lowest BCUT2D eigenvalue weighted by atomic mass is 10.1. The number of ether oxygens (including phenoxy) is 1. The Bertz CT molecular complexity index is 821. The van der Waals surface area contributed by atoms with Crippen molar-refractivity contribution in [1.82, 2.24) is 24.9 Å². The molecule has 0 aromatic carbocycles. The number of carbonyl (C=O) groups excluding carboxylic acids is 1. The molecule has 2 aliphatic rings. The molecule has 8 nitrogen and oxygen atoms in total. The van der Waals surface area contributed by atoms with Crippen molar-refractivity contribution in [2.45, 2.75) is 39.1 Å². The number of amides is 1. The van der Waals surface area contributed by atoms with E-state index < -0.39 is 5.41 Å². The van der Waals surface area contributed by atoms with Gasteiger partial charge in [0.15, 0.2) is 0 Å². The first kappa shape index (κ1) is 15.7. The molecule has 0 saturated heterocycles. The lowest BCUT2D eigenvalue weighted by Crippen LogP contribution is -2.42. The van der Waals surface area contributed by atoms with Crippen molar-refractivity contribution in [3.8, 4) is 6.07 Å². The highest BCUT2D eigenvalue weighted by Gasteiger charge is 2.53. The Labute approximate surface area is 145 Å². The summed E-state index contributed by atoms with van der Waals surface area (Å²) < 4.78 is 7.53. The van der Waals surface area contributed by atoms with Gasteiger partial charge < -0.3 is 9.64 Å². The zero-order chi connectivity index (χ0) is 17.3. The molecule has 1 fully saturated rings. The molecule has 1 aliphatic heterocycles. The maximum atomic E-state index is 12.6. The van der Waals surface area contributed by atoms with Gasteiger partial charge in [0, 0.05) is 18.9 Å². The van der Waals surface area contributed by atoms with Gasteiger partial charge in [0.05, 0.1) is 38.1 Å². The SMILES string of the molecule is N#CC1(C(=O)N2CCn3nnc(COCc4cccnc4)c3C2)CC1. The summed E-state index contributed by atoms with van der Waals surface area (Å²) in [5.74, 6) is -0.0651. The average molecular weight is 338 g/mol. The molecule has 128 valence electrons. The van der Waals surface area contributed by atoms with Crippen molar-refractivity contribution >= 4 is 5.91 Å². The number of pyridine rings is 1. The number of rotatable bonds is 5. The van der Waals surface area contributed by atoms with E-state index in [1.807, 2.05) is 16.8 Å². The van der Waals surface area contributed by atoms with E-state index in [0.717, 1.165) is 17.0 Å². The second-order valence-corrected chi connectivity index (χ2v) is 6.48. The lowest BCUT2D eigenvalue weighted by molar-refractivity contribution is -0.136. The van der Waals surface area contributed by atoms with Crippen LogP contribution in [0.5, 0.6) is 0 Å². The fourth-order valence-corrected chi connectivity index (χ4v) is 3.03. The van der Waals surface area contributed by atoms with Crippen LogP contribution in [0.1, 0.15) is 29.8 Å². The predicted octanol–water partition coefficient (Wildman–Crippen LogP) is 1.04. The summed E-state index contributed by atoms with van der Waals surface area (Å²) in [6.45, 7) is 2.36. The van der Waals surface area contributed by atoms with Gasteiger partial charge in [-0.1, -0.05) is 11.3 Å². The molecule has 0 N–H and O–H groups in total. The van der Waals surface area contributed by atoms with Crippen LogP contribution in [0.3, 0.4) is 0 Å². The minimum absolute atomic E-state index is 0.0651. The number of carbonyl (C=O) groups is 1. The summed E-state index contributed by atoms with van der Waals surface area (Å²) in [6, 6.07) is 5.99. The summed E-state index contributed by atoms with van der Waals surface area (Å²) in [6.07, 6.45) is 4.81. The van der Waals surface area contributed by atoms with E-state index in [-0.39, 0.29) is 5.91 Å². The van der Waals surface area contributed by atoms with Gasteiger partial charge in [-0.3, -0.25) is 9.78 Å². The van der Waals surface area contributed by atoms with Gasteiger partial charge in [0.2, 0.25) is 5.91 Å². The number of hydrogen-bond acceptors (Lipinski definition) is 6. The van der Waals surface area contributed by atoms with Crippen LogP contribution in [-0.4, -0.2) is 37.3 Å². The van der Waals surface area contributed by atoms with E-state index in [2.05, 4.69) is 21.4 Å². The van der Waals surface area contributed by atoms with Gasteiger partial charge in [-0.05, 0) is 24.5 Å². The van der Waals surface area contributed by atoms with Gasteiger partial charge in [0.25, 0.3) is 0 Å². The highest BCUT2D eigenvalue weighted by molar-refractivity contribution is 5.88. The van der Waals surface area contributed by atoms with Crippen molar-refractivity contribution in [1.29, 1.82) is 5.26 Å². The standard InChI is InChI=1S/C17H18N6O2/c18-12-17(3-4-17)16(24)22-6-7-23-15(9-22)14(20-21-23)11-25-10-13-2-1-5-19-8-13/h1-2,5,8H,3-4,6-7,9-11H2. The highest BCUT2D eigenvalue weighted by Crippen LogP contribution is 2.46. The summed E-state index contributed by atoms with van der Waals surface area (Å²) >= 11 is 0. The van der Waals surface area contributed by atoms with Crippen molar-refractivity contribution in [3.05, 3.63) is 41.5 Å². The second-order valence-electron chi connectivity index (χ2n) is 6.48. The van der Waals surface area contributed by atoms with E-state index in [0.29, 0.717) is 45.7 Å². The molecular weight excluding hydrogens is 320 g/mol. The Morgan fingerprint density at radius 3 is 2.96 bits per heavy atom. The van der Waals surface area contributed by atoms with E-state index in [1.54, 1.807) is 17.3 Å². The molecule has 3 heterocycles. The molecule has 2 aromatic heterocycles. The molecule has 0 bridgehead atoms. The zero-order valence-corrected chi connectivity index (χ0v) is 13.8. The smallest absolute Gasteiger partial charge is 0.243 e. The molecule has 1 amide bonds. The van der Waals surface area contributed by atoms with E-state index in [9.17, 15) is 10.1 Å². The van der Waals surface area contributed by atoms with E-state index in [4.69, 9.17) is 4.74 Å². The summed E-state index contributed by atoms with van der Waals surface area (Å²) in [7, 11) is 0. The third-order valence-corrected chi connectivity index (χ3v) is 4.73. The Morgan fingerprint density at radius 1 is 1.36 bits per heavy atom. The second kappa shape index (κ2) is 6.26. The largest absolute Gasteiger partial charge is 0.370 e. The molecule has 4 rings (SSSR count). The van der Waals surface area contributed by atoms with Crippen LogP contribution in [0.2, 0.25) is 0 Å². The first-order valence-corrected chi connectivity index (χ1v) is 8.30. The number of nitrogens with zero attached hydrogens (tertiary/aromatic N) is 6. The van der Waals surface area contributed by atoms with Crippen LogP contribution in [0.15, 0.2) is 24.5 Å². The van der Waals surface area contributed by atoms with Crippen molar-refractivity contribution in [2.75, 3.05) is 6.54 Å². The van der Waals surface area contributed by atoms with Crippen LogP contribution < -0.4 is 0 Å². The van der Waals surface area contributed by atoms with Crippen molar-refractivity contribution in [2.24, 2.45) is 5.41 Å². The van der Waals surface area contributed by atoms with Crippen molar-refractivity contribution < 1.29 is 9.53 Å². The van der Waals surface area contributed by atoms with Crippen LogP contribution in [0, 0.1) is 16.7 Å². The Morgan fingerprint density at radius 2 is 2.24 bits per heavy atom. The van der Waals surface area contributed by atoms with E-state index >= 15 is 0 Å². The predicted molar refractivity (Wildman–Crippen MR) is 85.4 cm³/mol. The maximum absolute atomic E-state index is 12.6. The van der Waals surface area contributed by atoms with E-state index in [1.165, 1.54) is 0 Å². The highest BCUT2D eigenvalue weighted by atomic mass is 16.5. The first-order valence-electron chi connectivity index (χ1n) is 8.30. The fraction of sp³-hybridized carbons (Fsp3) is 0.471. The van der Waals surface area contributed by atoms with Crippen LogP contribution >= 0.6 is 0 Å². The van der Waals surface area contributed by atoms with Gasteiger partial charge in [-0.15, -0.1) is 5.10 Å². The molecular formula is C17H18N6O2. The van der Waals surface area contributed by atoms with Gasteiger partial charge >= 0.3 is 0 Å². The van der Waals surface area contributed by atoms with Crippen LogP contribution in [0.4, 0.5) is 0 Å². The molecule has 1 saturated carbocycles. The van der Waals surface area contributed by atoms with Crippen LogP contribution in [0.25, 0.3) is 0 Å². The quantitative estimate of drug-likeness (QED) is 0.808. The molecule has 2 aromatic rings. The average Bonchev–Trinajstić information content (AvgIpc) is 3.37. The fourth-order valence-electron chi connectivity index (χ4n) is 3.03. The maximum Gasteiger partial charge on any atom is 0.243 e. The minimum atomic E-state index is -0.785. The number of fused-ring (bicyclic) bond motifs is 1. The minimum Gasteiger partial charge on any atom is -0.370 e. The number of nitriles is 1. The van der Waals surface area contributed by atoms with Gasteiger partial charge in [-0.25, -0.2) is 4.68 Å². The lowest BCUT2D eigenvalue weighted by Gasteiger charge is -2.29. The van der Waals surface area contributed by atoms with Gasteiger partial charge in [-0.2, -0.15) is 5.26 Å². The van der Waals surface area contributed by atoms with Crippen molar-refractivity contribution in [3.63, 3.8) is 0 Å². The Kier molecular flexibility index (Phi) is 3.93. The molecule has 25 heavy (non-hydrogen) atoms. The Hall–Kier alpha value is -2.79. The van der Waals surface area contributed by atoms with Crippen LogP contribution in [-0.2, 0) is 35.8 Å². The molecule has 0 atom stereocenters. The summed E-state index contributed by atoms with van der Waals surface area (Å²) in [4.78, 5) is 18.4. The number of aromatic nitrogens is 4. The summed E-state index contributed by atoms with van der Waals surface area (Å²) in [5, 5.41) is 17.6. The molecule has 0 spiro atoms. The zero-order valence-electron chi connectivity index (χ0n) is 13.8. The number of hydrogen-bond donors (Lipinski definition) is 0. The molecule has 1 aliphatic carbocycles. The topological polar surface area (TPSA) is 96.9 Å². The molecule has 0 unspecified atom stereocenters.